The molecule has 110 valence electrons. The lowest BCUT2D eigenvalue weighted by atomic mass is 10.1. The van der Waals surface area contributed by atoms with E-state index in [-0.39, 0.29) is 6.04 Å². The molecule has 2 fully saturated rings. The number of hydrogen-bond donors (Lipinski definition) is 1. The van der Waals surface area contributed by atoms with E-state index in [1.165, 1.54) is 12.8 Å². The molecule has 5 nitrogen and oxygen atoms in total. The summed E-state index contributed by atoms with van der Waals surface area (Å²) in [7, 11) is 4.22. The summed E-state index contributed by atoms with van der Waals surface area (Å²) in [6.07, 6.45) is 2.44. The standard InChI is InChI=1S/C14H28N4O/c1-12(14(19)17-9-6-15-7-10-17)18-8-4-5-13(18)11-16(2)3/h12-13,15H,4-11H2,1-3H3. The van der Waals surface area contributed by atoms with Gasteiger partial charge in [-0.2, -0.15) is 0 Å². The predicted octanol–water partition coefficient (Wildman–Crippen LogP) is -0.167. The molecule has 5 heteroatoms. The van der Waals surface area contributed by atoms with Gasteiger partial charge in [-0.1, -0.05) is 0 Å². The maximum absolute atomic E-state index is 12.6. The van der Waals surface area contributed by atoms with Crippen molar-refractivity contribution < 1.29 is 4.79 Å². The van der Waals surface area contributed by atoms with E-state index >= 15 is 0 Å². The van der Waals surface area contributed by atoms with Crippen molar-refractivity contribution in [2.24, 2.45) is 0 Å². The molecule has 0 aromatic rings. The highest BCUT2D eigenvalue weighted by atomic mass is 16.2. The minimum atomic E-state index is 0.0329. The Morgan fingerprint density at radius 1 is 1.32 bits per heavy atom. The number of nitrogens with zero attached hydrogens (tertiary/aromatic N) is 3. The molecule has 1 N–H and O–H groups in total. The van der Waals surface area contributed by atoms with Crippen LogP contribution < -0.4 is 5.32 Å². The third-order valence-corrected chi connectivity index (χ3v) is 4.28. The first-order chi connectivity index (χ1) is 9.09. The number of hydrogen-bond acceptors (Lipinski definition) is 4. The summed E-state index contributed by atoms with van der Waals surface area (Å²) < 4.78 is 0. The third-order valence-electron chi connectivity index (χ3n) is 4.28. The monoisotopic (exact) mass is 268 g/mol. The van der Waals surface area contributed by atoms with Crippen LogP contribution in [-0.4, -0.2) is 86.1 Å². The lowest BCUT2D eigenvalue weighted by molar-refractivity contribution is -0.137. The Bertz CT molecular complexity index is 302. The Morgan fingerprint density at radius 2 is 2.00 bits per heavy atom. The van der Waals surface area contributed by atoms with E-state index in [1.807, 2.05) is 4.90 Å². The molecule has 2 atom stereocenters. The second-order valence-electron chi connectivity index (χ2n) is 6.05. The summed E-state index contributed by atoms with van der Waals surface area (Å²) in [4.78, 5) is 19.2. The quantitative estimate of drug-likeness (QED) is 0.768. The van der Waals surface area contributed by atoms with Crippen LogP contribution in [0.15, 0.2) is 0 Å². The summed E-state index contributed by atoms with van der Waals surface area (Å²) in [6.45, 7) is 7.78. The highest BCUT2D eigenvalue weighted by molar-refractivity contribution is 5.81. The van der Waals surface area contributed by atoms with E-state index in [0.29, 0.717) is 11.9 Å². The van der Waals surface area contributed by atoms with E-state index in [2.05, 4.69) is 36.1 Å². The molecule has 0 spiro atoms. The first-order valence-corrected chi connectivity index (χ1v) is 7.49. The van der Waals surface area contributed by atoms with Crippen LogP contribution >= 0.6 is 0 Å². The van der Waals surface area contributed by atoms with Gasteiger partial charge >= 0.3 is 0 Å². The molecule has 2 rings (SSSR count). The van der Waals surface area contributed by atoms with Crippen molar-refractivity contribution in [1.82, 2.24) is 20.0 Å². The number of nitrogens with one attached hydrogen (secondary N) is 1. The van der Waals surface area contributed by atoms with Crippen molar-refractivity contribution in [2.45, 2.75) is 31.8 Å². The highest BCUT2D eigenvalue weighted by Crippen LogP contribution is 2.21. The summed E-state index contributed by atoms with van der Waals surface area (Å²) in [6, 6.07) is 0.572. The van der Waals surface area contributed by atoms with Crippen LogP contribution in [0.1, 0.15) is 19.8 Å². The Hall–Kier alpha value is -0.650. The Morgan fingerprint density at radius 3 is 2.63 bits per heavy atom. The molecule has 19 heavy (non-hydrogen) atoms. The maximum Gasteiger partial charge on any atom is 0.239 e. The highest BCUT2D eigenvalue weighted by Gasteiger charge is 2.34. The molecule has 0 saturated carbocycles. The van der Waals surface area contributed by atoms with E-state index in [1.54, 1.807) is 0 Å². The van der Waals surface area contributed by atoms with Crippen LogP contribution in [0, 0.1) is 0 Å². The Kier molecular flexibility index (Phi) is 5.19. The van der Waals surface area contributed by atoms with Crippen LogP contribution in [0.3, 0.4) is 0 Å². The van der Waals surface area contributed by atoms with Crippen molar-refractivity contribution >= 4 is 5.91 Å². The summed E-state index contributed by atoms with van der Waals surface area (Å²) in [5.41, 5.74) is 0. The van der Waals surface area contributed by atoms with Gasteiger partial charge in [0, 0.05) is 38.8 Å². The van der Waals surface area contributed by atoms with Crippen molar-refractivity contribution in [2.75, 3.05) is 53.4 Å². The Balaban J connectivity index is 1.93. The minimum Gasteiger partial charge on any atom is -0.339 e. The maximum atomic E-state index is 12.6. The van der Waals surface area contributed by atoms with Crippen LogP contribution in [0.2, 0.25) is 0 Å². The van der Waals surface area contributed by atoms with Crippen molar-refractivity contribution in [3.05, 3.63) is 0 Å². The van der Waals surface area contributed by atoms with Gasteiger partial charge in [-0.3, -0.25) is 9.69 Å². The minimum absolute atomic E-state index is 0.0329. The van der Waals surface area contributed by atoms with Crippen LogP contribution in [0.5, 0.6) is 0 Å². The summed E-state index contributed by atoms with van der Waals surface area (Å²) >= 11 is 0. The second kappa shape index (κ2) is 6.68. The smallest absolute Gasteiger partial charge is 0.239 e. The van der Waals surface area contributed by atoms with Gasteiger partial charge in [-0.05, 0) is 40.4 Å². The van der Waals surface area contributed by atoms with E-state index in [4.69, 9.17) is 0 Å². The molecule has 0 aromatic heterocycles. The molecule has 2 aliphatic rings. The first-order valence-electron chi connectivity index (χ1n) is 7.49. The summed E-state index contributed by atoms with van der Waals surface area (Å²) in [5, 5.41) is 3.30. The molecule has 0 aromatic carbocycles. The molecule has 2 saturated heterocycles. The first kappa shape index (κ1) is 14.8. The van der Waals surface area contributed by atoms with Crippen molar-refractivity contribution in [3.63, 3.8) is 0 Å². The lowest BCUT2D eigenvalue weighted by Gasteiger charge is -2.36. The van der Waals surface area contributed by atoms with Crippen LogP contribution in [-0.2, 0) is 4.79 Å². The normalized spacial score (nSPS) is 26.9. The summed E-state index contributed by atoms with van der Waals surface area (Å²) in [5.74, 6) is 0.312. The fraction of sp³-hybridized carbons (Fsp3) is 0.929. The fourth-order valence-corrected chi connectivity index (χ4v) is 3.28. The van der Waals surface area contributed by atoms with E-state index < -0.39 is 0 Å². The van der Waals surface area contributed by atoms with Gasteiger partial charge in [-0.15, -0.1) is 0 Å². The van der Waals surface area contributed by atoms with Gasteiger partial charge < -0.3 is 15.1 Å². The van der Waals surface area contributed by atoms with Crippen LogP contribution in [0.4, 0.5) is 0 Å². The lowest BCUT2D eigenvalue weighted by Crippen LogP contribution is -2.54. The average molecular weight is 268 g/mol. The van der Waals surface area contributed by atoms with Crippen molar-refractivity contribution in [1.29, 1.82) is 0 Å². The number of carbonyl (C=O) groups is 1. The molecule has 2 aliphatic heterocycles. The molecule has 0 bridgehead atoms. The Labute approximate surface area is 116 Å². The number of carbonyl (C=O) groups excluding carboxylic acids is 1. The molecule has 0 aliphatic carbocycles. The van der Waals surface area contributed by atoms with Gasteiger partial charge in [0.1, 0.15) is 0 Å². The number of piperazine rings is 1. The van der Waals surface area contributed by atoms with Gasteiger partial charge in [0.2, 0.25) is 5.91 Å². The van der Waals surface area contributed by atoms with Gasteiger partial charge in [0.25, 0.3) is 0 Å². The SMILES string of the molecule is CC(C(=O)N1CCNCC1)N1CCCC1CN(C)C. The fourth-order valence-electron chi connectivity index (χ4n) is 3.28. The van der Waals surface area contributed by atoms with Crippen molar-refractivity contribution in [3.8, 4) is 0 Å². The topological polar surface area (TPSA) is 38.8 Å². The third kappa shape index (κ3) is 3.68. The number of amides is 1. The molecular weight excluding hydrogens is 240 g/mol. The molecule has 0 radical (unpaired) electrons. The van der Waals surface area contributed by atoms with Gasteiger partial charge in [0.15, 0.2) is 0 Å². The van der Waals surface area contributed by atoms with Gasteiger partial charge in [-0.25, -0.2) is 0 Å². The largest absolute Gasteiger partial charge is 0.339 e. The predicted molar refractivity (Wildman–Crippen MR) is 77.2 cm³/mol. The van der Waals surface area contributed by atoms with E-state index in [0.717, 1.165) is 39.3 Å². The zero-order chi connectivity index (χ0) is 13.8. The molecule has 1 amide bonds. The molecular formula is C14H28N4O. The molecule has 2 unspecified atom stereocenters. The van der Waals surface area contributed by atoms with Crippen LogP contribution in [0.25, 0.3) is 0 Å². The second-order valence-corrected chi connectivity index (χ2v) is 6.05. The zero-order valence-corrected chi connectivity index (χ0v) is 12.6. The van der Waals surface area contributed by atoms with Gasteiger partial charge in [0.05, 0.1) is 6.04 Å². The number of likely N-dealkylation sites (tertiary alicyclic amines) is 1. The average Bonchev–Trinajstić information content (AvgIpc) is 2.85. The van der Waals surface area contributed by atoms with E-state index in [9.17, 15) is 4.79 Å². The number of likely N-dealkylation sites (N-methyl/N-ethyl adjacent to an activating group) is 1. The molecule has 2 heterocycles. The zero-order valence-electron chi connectivity index (χ0n) is 12.6. The number of rotatable bonds is 4.